The molecular weight excluding hydrogens is 623 g/mol. The lowest BCUT2D eigenvalue weighted by molar-refractivity contribution is -0.118. The number of aromatic nitrogens is 4. The number of hydrogen-bond donors (Lipinski definition) is 2. The second-order valence-electron chi connectivity index (χ2n) is 10.2. The van der Waals surface area contributed by atoms with E-state index in [0.29, 0.717) is 49.3 Å². The summed E-state index contributed by atoms with van der Waals surface area (Å²) in [6.45, 7) is 5.99. The molecule has 0 spiro atoms. The van der Waals surface area contributed by atoms with Crippen molar-refractivity contribution < 1.29 is 9.59 Å². The quantitative estimate of drug-likeness (QED) is 0.295. The number of anilines is 2. The number of nitrogens with zero attached hydrogens (tertiary/aromatic N) is 6. The number of rotatable bonds is 7. The maximum Gasteiger partial charge on any atom is 0.236 e. The second-order valence-corrected chi connectivity index (χ2v) is 14.2. The van der Waals surface area contributed by atoms with E-state index >= 15 is 0 Å². The number of aryl methyl sites for hydroxylation is 1. The lowest BCUT2D eigenvalue weighted by atomic mass is 9.68. The Morgan fingerprint density at radius 2 is 2.02 bits per heavy atom. The average Bonchev–Trinajstić information content (AvgIpc) is 3.57. The van der Waals surface area contributed by atoms with Crippen molar-refractivity contribution in [1.82, 2.24) is 20.4 Å². The Morgan fingerprint density at radius 3 is 2.73 bits per heavy atom. The first-order chi connectivity index (χ1) is 19.5. The summed E-state index contributed by atoms with van der Waals surface area (Å²) in [7, 11) is 0. The third kappa shape index (κ3) is 5.85. The Kier molecular flexibility index (Phi) is 8.41. The van der Waals surface area contributed by atoms with Crippen molar-refractivity contribution >= 4 is 79.6 Å². The van der Waals surface area contributed by atoms with Gasteiger partial charge in [0, 0.05) is 17.7 Å². The van der Waals surface area contributed by atoms with Gasteiger partial charge in [0.2, 0.25) is 16.2 Å². The lowest BCUT2D eigenvalue weighted by Gasteiger charge is -2.42. The highest BCUT2D eigenvalue weighted by Crippen LogP contribution is 2.52. The number of Topliss-reactive ketones (excluding diaryl/α,β-unsaturated/α-hetero) is 1. The summed E-state index contributed by atoms with van der Waals surface area (Å²) in [5, 5.41) is 31.8. The zero-order chi connectivity index (χ0) is 29.5. The molecule has 1 aliphatic carbocycles. The minimum Gasteiger partial charge on any atom is -0.384 e. The number of carbonyl (C=O) groups excluding carboxylic acids is 2. The molecule has 1 unspecified atom stereocenters. The summed E-state index contributed by atoms with van der Waals surface area (Å²) >= 11 is 16.7. The van der Waals surface area contributed by atoms with Crippen molar-refractivity contribution in [3.63, 3.8) is 0 Å². The van der Waals surface area contributed by atoms with Gasteiger partial charge in [0.05, 0.1) is 33.4 Å². The topological polar surface area (TPSA) is 151 Å². The van der Waals surface area contributed by atoms with Gasteiger partial charge in [-0.3, -0.25) is 19.8 Å². The van der Waals surface area contributed by atoms with E-state index < -0.39 is 5.92 Å². The number of nitrogens with one attached hydrogen (secondary N) is 1. The molecule has 3 N–H and O–H groups in total. The predicted octanol–water partition coefficient (Wildman–Crippen LogP) is 5.93. The van der Waals surface area contributed by atoms with Crippen LogP contribution in [-0.4, -0.2) is 37.8 Å². The van der Waals surface area contributed by atoms with E-state index in [4.69, 9.17) is 28.9 Å². The summed E-state index contributed by atoms with van der Waals surface area (Å²) in [6, 6.07) is 7.35. The maximum absolute atomic E-state index is 13.7. The Hall–Kier alpha value is -3.02. The van der Waals surface area contributed by atoms with E-state index in [-0.39, 0.29) is 39.3 Å². The van der Waals surface area contributed by atoms with Crippen LogP contribution in [0.25, 0.3) is 0 Å². The molecule has 212 valence electrons. The van der Waals surface area contributed by atoms with Gasteiger partial charge < -0.3 is 5.73 Å². The number of nitrogens with two attached hydrogens (primary N) is 1. The van der Waals surface area contributed by atoms with Crippen molar-refractivity contribution in [3.8, 4) is 6.07 Å². The molecule has 15 heteroatoms. The maximum atomic E-state index is 13.7. The van der Waals surface area contributed by atoms with Gasteiger partial charge in [0.1, 0.15) is 10.8 Å². The van der Waals surface area contributed by atoms with Crippen molar-refractivity contribution in [2.45, 2.75) is 50.3 Å². The first kappa shape index (κ1) is 29.5. The molecule has 10 nitrogen and oxygen atoms in total. The summed E-state index contributed by atoms with van der Waals surface area (Å²) in [5.74, 6) is -0.882. The summed E-state index contributed by atoms with van der Waals surface area (Å²) in [6.07, 6.45) is 1.55. The fraction of sp³-hybridized carbons (Fsp3) is 0.346. The molecular formula is C26H24Cl2N8O2S3. The van der Waals surface area contributed by atoms with Crippen molar-refractivity contribution in [3.05, 3.63) is 61.5 Å². The van der Waals surface area contributed by atoms with Crippen LogP contribution in [0.4, 0.5) is 10.3 Å². The molecule has 0 fully saturated rings. The summed E-state index contributed by atoms with van der Waals surface area (Å²) < 4.78 is 0.525. The molecule has 1 aliphatic heterocycles. The normalized spacial score (nSPS) is 18.4. The van der Waals surface area contributed by atoms with Crippen LogP contribution in [0.1, 0.15) is 50.1 Å². The van der Waals surface area contributed by atoms with Gasteiger partial charge in [-0.2, -0.15) is 5.26 Å². The monoisotopic (exact) mass is 646 g/mol. The number of allylic oxidation sites excluding steroid dienone is 3. The van der Waals surface area contributed by atoms with Gasteiger partial charge in [0.15, 0.2) is 10.1 Å². The highest BCUT2D eigenvalue weighted by atomic mass is 35.5. The minimum absolute atomic E-state index is 0.0826. The van der Waals surface area contributed by atoms with E-state index in [1.165, 1.54) is 34.4 Å². The number of benzene rings is 1. The lowest BCUT2D eigenvalue weighted by Crippen LogP contribution is -2.42. The Labute approximate surface area is 258 Å². The highest BCUT2D eigenvalue weighted by Gasteiger charge is 2.46. The standard InChI is InChI=1S/C26H24Cl2N8O2S3/c1-4-18-32-33-23(40-18)31-17(38)11-39-25-35-34-24(41-25)36-15-8-26(2,3)9-16(37)20(15)19(13(10-29)22(36)30)12-6-5-7-14(27)21(12)28/h5-7,19H,4,8-9,11,30H2,1-3H3,(H,31,33,38). The second kappa shape index (κ2) is 11.7. The van der Waals surface area contributed by atoms with Crippen LogP contribution < -0.4 is 16.0 Å². The molecule has 3 aromatic rings. The third-order valence-electron chi connectivity index (χ3n) is 6.60. The fourth-order valence-electron chi connectivity index (χ4n) is 4.86. The summed E-state index contributed by atoms with van der Waals surface area (Å²) in [4.78, 5) is 27.8. The van der Waals surface area contributed by atoms with Gasteiger partial charge in [-0.15, -0.1) is 20.4 Å². The summed E-state index contributed by atoms with van der Waals surface area (Å²) in [5.41, 5.74) is 8.13. The third-order valence-corrected chi connectivity index (χ3v) is 10.5. The fourth-order valence-corrected chi connectivity index (χ4v) is 7.66. The van der Waals surface area contributed by atoms with Crippen LogP contribution in [0.5, 0.6) is 0 Å². The van der Waals surface area contributed by atoms with E-state index in [9.17, 15) is 14.9 Å². The van der Waals surface area contributed by atoms with Gasteiger partial charge in [-0.1, -0.05) is 90.5 Å². The zero-order valence-electron chi connectivity index (χ0n) is 22.2. The Balaban J connectivity index is 1.48. The largest absolute Gasteiger partial charge is 0.384 e. The van der Waals surface area contributed by atoms with Gasteiger partial charge in [-0.25, -0.2) is 0 Å². The number of carbonyl (C=O) groups is 2. The molecule has 0 bridgehead atoms. The Bertz CT molecular complexity index is 1660. The van der Waals surface area contributed by atoms with Crippen LogP contribution in [0.2, 0.25) is 10.0 Å². The zero-order valence-corrected chi connectivity index (χ0v) is 26.2. The first-order valence-corrected chi connectivity index (χ1v) is 15.9. The van der Waals surface area contributed by atoms with Crippen LogP contribution in [-0.2, 0) is 16.0 Å². The SMILES string of the molecule is CCc1nnc(NC(=O)CSc2nnc(N3C(N)=C(C#N)C(c4cccc(Cl)c4Cl)C4=C3CC(C)(C)CC4=O)s2)s1. The van der Waals surface area contributed by atoms with E-state index in [1.54, 1.807) is 23.1 Å². The number of halogens is 2. The van der Waals surface area contributed by atoms with E-state index in [1.807, 2.05) is 20.8 Å². The molecule has 0 saturated heterocycles. The molecule has 0 saturated carbocycles. The molecule has 2 aliphatic rings. The van der Waals surface area contributed by atoms with E-state index in [0.717, 1.165) is 11.4 Å². The van der Waals surface area contributed by atoms with Crippen molar-refractivity contribution in [2.75, 3.05) is 16.0 Å². The van der Waals surface area contributed by atoms with Gasteiger partial charge >= 0.3 is 0 Å². The van der Waals surface area contributed by atoms with Crippen molar-refractivity contribution in [1.29, 1.82) is 5.26 Å². The van der Waals surface area contributed by atoms with Crippen LogP contribution in [0, 0.1) is 16.7 Å². The molecule has 3 heterocycles. The minimum atomic E-state index is -0.764. The molecule has 1 atom stereocenters. The predicted molar refractivity (Wildman–Crippen MR) is 162 cm³/mol. The number of nitriles is 1. The van der Waals surface area contributed by atoms with Crippen molar-refractivity contribution in [2.24, 2.45) is 11.1 Å². The van der Waals surface area contributed by atoms with Gasteiger partial charge in [0.25, 0.3) is 0 Å². The highest BCUT2D eigenvalue weighted by molar-refractivity contribution is 8.01. The van der Waals surface area contributed by atoms with Gasteiger partial charge in [-0.05, 0) is 29.9 Å². The molecule has 1 amide bonds. The number of thioether (sulfide) groups is 1. The molecule has 41 heavy (non-hydrogen) atoms. The molecule has 0 radical (unpaired) electrons. The molecule has 5 rings (SSSR count). The van der Waals surface area contributed by atoms with Crippen LogP contribution in [0.3, 0.4) is 0 Å². The smallest absolute Gasteiger partial charge is 0.236 e. The molecule has 1 aromatic carbocycles. The van der Waals surface area contributed by atoms with E-state index in [2.05, 4.69) is 31.8 Å². The van der Waals surface area contributed by atoms with Crippen LogP contribution >= 0.6 is 57.6 Å². The van der Waals surface area contributed by atoms with Crippen LogP contribution in [0.15, 0.2) is 45.2 Å². The number of amides is 1. The number of ketones is 1. The number of hydrogen-bond acceptors (Lipinski definition) is 12. The first-order valence-electron chi connectivity index (χ1n) is 12.5. The molecule has 2 aromatic heterocycles. The Morgan fingerprint density at radius 1 is 1.24 bits per heavy atom. The average molecular weight is 648 g/mol.